The van der Waals surface area contributed by atoms with Gasteiger partial charge in [0.15, 0.2) is 0 Å². The molecule has 0 saturated carbocycles. The summed E-state index contributed by atoms with van der Waals surface area (Å²) in [4.78, 5) is 32.8. The number of hydrogen-bond donors (Lipinski definition) is 1. The Morgan fingerprint density at radius 1 is 1.17 bits per heavy atom. The molecular formula is C11H17NO6. The van der Waals surface area contributed by atoms with Gasteiger partial charge < -0.3 is 19.5 Å². The number of rotatable bonds is 6. The van der Waals surface area contributed by atoms with Crippen molar-refractivity contribution in [3.8, 4) is 0 Å². The molecule has 18 heavy (non-hydrogen) atoms. The van der Waals surface area contributed by atoms with Crippen LogP contribution < -0.4 is 5.32 Å². The first-order chi connectivity index (χ1) is 8.49. The fourth-order valence-corrected chi connectivity index (χ4v) is 0.875. The van der Waals surface area contributed by atoms with Gasteiger partial charge in [-0.2, -0.15) is 0 Å². The summed E-state index contributed by atoms with van der Waals surface area (Å²) in [5.41, 5.74) is 0. The lowest BCUT2D eigenvalue weighted by Crippen LogP contribution is -2.36. The molecule has 1 amide bonds. The molecule has 0 aliphatic rings. The molecule has 102 valence electrons. The molecule has 0 unspecified atom stereocenters. The summed E-state index contributed by atoms with van der Waals surface area (Å²) in [5.74, 6) is -1.34. The van der Waals surface area contributed by atoms with Gasteiger partial charge in [0.1, 0.15) is 6.61 Å². The molecular weight excluding hydrogens is 242 g/mol. The van der Waals surface area contributed by atoms with Gasteiger partial charge in [0, 0.05) is 12.2 Å². The lowest BCUT2D eigenvalue weighted by Gasteiger charge is -2.12. The lowest BCUT2D eigenvalue weighted by atomic mass is 10.4. The zero-order chi connectivity index (χ0) is 14.0. The van der Waals surface area contributed by atoms with Gasteiger partial charge >= 0.3 is 18.0 Å². The quantitative estimate of drug-likeness (QED) is 0.421. The molecule has 0 heterocycles. The monoisotopic (exact) mass is 259 g/mol. The molecule has 0 aromatic rings. The minimum Gasteiger partial charge on any atom is -0.466 e. The number of carbonyl (C=O) groups excluding carboxylic acids is 3. The second kappa shape index (κ2) is 9.03. The van der Waals surface area contributed by atoms with Crippen molar-refractivity contribution in [2.45, 2.75) is 19.9 Å². The lowest BCUT2D eigenvalue weighted by molar-refractivity contribution is -0.139. The van der Waals surface area contributed by atoms with Crippen molar-refractivity contribution in [2.75, 3.05) is 20.3 Å². The Labute approximate surface area is 105 Å². The normalized spacial score (nSPS) is 11.7. The van der Waals surface area contributed by atoms with Crippen LogP contribution in [-0.2, 0) is 23.8 Å². The van der Waals surface area contributed by atoms with Gasteiger partial charge in [-0.3, -0.25) is 0 Å². The van der Waals surface area contributed by atoms with Crippen molar-refractivity contribution >= 4 is 18.0 Å². The summed E-state index contributed by atoms with van der Waals surface area (Å²) in [5, 5.41) is 2.46. The summed E-state index contributed by atoms with van der Waals surface area (Å²) in [6.07, 6.45) is 1.32. The largest absolute Gasteiger partial charge is 0.466 e. The zero-order valence-corrected chi connectivity index (χ0v) is 10.6. The van der Waals surface area contributed by atoms with Gasteiger partial charge in [-0.15, -0.1) is 0 Å². The van der Waals surface area contributed by atoms with Crippen LogP contribution in [0.1, 0.15) is 13.8 Å². The van der Waals surface area contributed by atoms with E-state index in [1.807, 2.05) is 0 Å². The van der Waals surface area contributed by atoms with Crippen LogP contribution in [0.2, 0.25) is 0 Å². The minimum absolute atomic E-state index is 0.0246. The van der Waals surface area contributed by atoms with Crippen LogP contribution in [0.4, 0.5) is 4.79 Å². The smallest absolute Gasteiger partial charge is 0.407 e. The molecule has 0 radical (unpaired) electrons. The van der Waals surface area contributed by atoms with E-state index < -0.39 is 18.0 Å². The van der Waals surface area contributed by atoms with Crippen molar-refractivity contribution < 1.29 is 28.6 Å². The average molecular weight is 259 g/mol. The summed E-state index contributed by atoms with van der Waals surface area (Å²) in [6, 6.07) is -0.389. The van der Waals surface area contributed by atoms with Crippen molar-refractivity contribution in [3.05, 3.63) is 12.2 Å². The Balaban J connectivity index is 3.88. The highest BCUT2D eigenvalue weighted by Crippen LogP contribution is 1.90. The molecule has 0 aliphatic carbocycles. The van der Waals surface area contributed by atoms with Crippen LogP contribution in [0, 0.1) is 0 Å². The number of carbonyl (C=O) groups is 3. The molecule has 0 rings (SSSR count). The predicted molar refractivity (Wildman–Crippen MR) is 61.7 cm³/mol. The third kappa shape index (κ3) is 8.14. The number of ether oxygens (including phenoxy) is 3. The fraction of sp³-hybridized carbons (Fsp3) is 0.545. The minimum atomic E-state index is -0.696. The highest BCUT2D eigenvalue weighted by atomic mass is 16.6. The maximum atomic E-state index is 11.1. The molecule has 7 heteroatoms. The van der Waals surface area contributed by atoms with E-state index in [1.54, 1.807) is 13.8 Å². The van der Waals surface area contributed by atoms with Gasteiger partial charge in [-0.1, -0.05) is 0 Å². The molecule has 0 fully saturated rings. The number of hydrogen-bond acceptors (Lipinski definition) is 6. The van der Waals surface area contributed by atoms with E-state index in [0.29, 0.717) is 0 Å². The number of amides is 1. The van der Waals surface area contributed by atoms with Crippen molar-refractivity contribution in [1.29, 1.82) is 0 Å². The Kier molecular flexibility index (Phi) is 8.00. The highest BCUT2D eigenvalue weighted by molar-refractivity contribution is 5.91. The first kappa shape index (κ1) is 16.0. The maximum Gasteiger partial charge on any atom is 0.407 e. The third-order valence-corrected chi connectivity index (χ3v) is 1.67. The second-order valence-electron chi connectivity index (χ2n) is 3.25. The van der Waals surface area contributed by atoms with E-state index in [1.165, 1.54) is 7.11 Å². The van der Waals surface area contributed by atoms with Crippen LogP contribution in [0.5, 0.6) is 0 Å². The first-order valence-electron chi connectivity index (χ1n) is 5.35. The molecule has 0 aromatic carbocycles. The molecule has 1 N–H and O–H groups in total. The Morgan fingerprint density at radius 2 is 1.78 bits per heavy atom. The van der Waals surface area contributed by atoms with Crippen LogP contribution in [-0.4, -0.2) is 44.4 Å². The third-order valence-electron chi connectivity index (χ3n) is 1.67. The zero-order valence-electron chi connectivity index (χ0n) is 10.6. The van der Waals surface area contributed by atoms with E-state index in [0.717, 1.165) is 12.2 Å². The van der Waals surface area contributed by atoms with Crippen molar-refractivity contribution in [1.82, 2.24) is 5.32 Å². The van der Waals surface area contributed by atoms with Gasteiger partial charge in [0.05, 0.1) is 19.8 Å². The first-order valence-corrected chi connectivity index (χ1v) is 5.35. The highest BCUT2D eigenvalue weighted by Gasteiger charge is 2.09. The second-order valence-corrected chi connectivity index (χ2v) is 3.25. The number of nitrogens with one attached hydrogen (secondary N) is 1. The van der Waals surface area contributed by atoms with Crippen LogP contribution in [0.25, 0.3) is 0 Å². The van der Waals surface area contributed by atoms with Gasteiger partial charge in [0.25, 0.3) is 0 Å². The number of methoxy groups -OCH3 is 1. The standard InChI is InChI=1S/C11H17NO6/c1-4-17-11(15)12-8(2)7-18-10(14)6-5-9(13)16-3/h5-6,8H,4,7H2,1-3H3,(H,12,15)/b6-5+/t8-/m1/s1. The van der Waals surface area contributed by atoms with E-state index >= 15 is 0 Å². The van der Waals surface area contributed by atoms with E-state index in [-0.39, 0.29) is 19.3 Å². The molecule has 7 nitrogen and oxygen atoms in total. The molecule has 0 spiro atoms. The Morgan fingerprint density at radius 3 is 2.33 bits per heavy atom. The van der Waals surface area contributed by atoms with E-state index in [4.69, 9.17) is 4.74 Å². The van der Waals surface area contributed by atoms with E-state index in [9.17, 15) is 14.4 Å². The van der Waals surface area contributed by atoms with Gasteiger partial charge in [-0.25, -0.2) is 14.4 Å². The summed E-state index contributed by atoms with van der Waals surface area (Å²) < 4.78 is 13.7. The van der Waals surface area contributed by atoms with Crippen molar-refractivity contribution in [3.63, 3.8) is 0 Å². The average Bonchev–Trinajstić information content (AvgIpc) is 2.33. The predicted octanol–water partition coefficient (Wildman–Crippen LogP) is 0.393. The Hall–Kier alpha value is -2.05. The van der Waals surface area contributed by atoms with Gasteiger partial charge in [0.2, 0.25) is 0 Å². The SMILES string of the molecule is CCOC(=O)N[C@H](C)COC(=O)/C=C/C(=O)OC. The fourth-order valence-electron chi connectivity index (χ4n) is 0.875. The topological polar surface area (TPSA) is 90.9 Å². The number of esters is 2. The van der Waals surface area contributed by atoms with E-state index in [2.05, 4.69) is 14.8 Å². The molecule has 0 aromatic heterocycles. The molecule has 0 aliphatic heterocycles. The van der Waals surface area contributed by atoms with Gasteiger partial charge in [-0.05, 0) is 13.8 Å². The van der Waals surface area contributed by atoms with Crippen molar-refractivity contribution in [2.24, 2.45) is 0 Å². The number of alkyl carbamates (subject to hydrolysis) is 1. The molecule has 1 atom stereocenters. The maximum absolute atomic E-state index is 11.1. The summed E-state index contributed by atoms with van der Waals surface area (Å²) in [7, 11) is 1.20. The van der Waals surface area contributed by atoms with Crippen LogP contribution in [0.3, 0.4) is 0 Å². The summed E-state index contributed by atoms with van der Waals surface area (Å²) >= 11 is 0. The van der Waals surface area contributed by atoms with Crippen LogP contribution in [0.15, 0.2) is 12.2 Å². The Bertz CT molecular complexity index is 325. The molecule has 0 saturated heterocycles. The summed E-state index contributed by atoms with van der Waals surface area (Å²) in [6.45, 7) is 3.57. The van der Waals surface area contributed by atoms with Crippen LogP contribution >= 0.6 is 0 Å². The molecule has 0 bridgehead atoms.